The molecule has 9 heteroatoms. The number of nitrogens with one attached hydrogen (secondary N) is 3. The molecule has 3 N–H and O–H groups in total. The van der Waals surface area contributed by atoms with E-state index in [1.807, 2.05) is 0 Å². The molecule has 0 atom stereocenters. The Morgan fingerprint density at radius 2 is 1.48 bits per heavy atom. The molecule has 0 saturated heterocycles. The van der Waals surface area contributed by atoms with Crippen molar-refractivity contribution in [2.45, 2.75) is 4.90 Å². The topological polar surface area (TPSA) is 112 Å². The second-order valence-corrected chi connectivity index (χ2v) is 6.41. The maximum absolute atomic E-state index is 12.9. The van der Waals surface area contributed by atoms with E-state index in [0.717, 1.165) is 24.3 Å². The number of hydrogen-bond acceptors (Lipinski definition) is 4. The first-order valence-electron chi connectivity index (χ1n) is 6.40. The number of H-pyrrole nitrogens is 2. The second-order valence-electron chi connectivity index (χ2n) is 4.73. The number of sulfonamides is 1. The van der Waals surface area contributed by atoms with Gasteiger partial charge in [-0.15, -0.1) is 0 Å². The van der Waals surface area contributed by atoms with Gasteiger partial charge in [-0.1, -0.05) is 0 Å². The first-order valence-corrected chi connectivity index (χ1v) is 7.88. The lowest BCUT2D eigenvalue weighted by Crippen LogP contribution is -2.19. The fraction of sp³-hybridized carbons (Fsp3) is 0. The molecule has 1 heterocycles. The van der Waals surface area contributed by atoms with Crippen LogP contribution in [0.1, 0.15) is 0 Å². The Hall–Kier alpha value is -2.94. The molecule has 7 nitrogen and oxygen atoms in total. The van der Waals surface area contributed by atoms with Crippen molar-refractivity contribution in [3.8, 4) is 0 Å². The van der Waals surface area contributed by atoms with Crippen LogP contribution in [0.15, 0.2) is 56.9 Å². The van der Waals surface area contributed by atoms with E-state index in [1.54, 1.807) is 0 Å². The Morgan fingerprint density at radius 1 is 0.870 bits per heavy atom. The van der Waals surface area contributed by atoms with E-state index in [-0.39, 0.29) is 21.4 Å². The Balaban J connectivity index is 2.04. The molecule has 0 radical (unpaired) electrons. The standard InChI is InChI=1S/C14H10FN3O4S/c15-8-1-4-10(5-2-8)23(21,22)18-9-3-6-11-12(7-9)14(20)17-16-13(11)19/h1-7,18H,(H,16,19)(H,17,20). The molecule has 0 aliphatic carbocycles. The van der Waals surface area contributed by atoms with Crippen LogP contribution < -0.4 is 15.8 Å². The molecule has 0 spiro atoms. The minimum Gasteiger partial charge on any atom is -0.280 e. The summed E-state index contributed by atoms with van der Waals surface area (Å²) in [7, 11) is -3.94. The minimum absolute atomic E-state index is 0.0491. The molecule has 2 aromatic carbocycles. The van der Waals surface area contributed by atoms with Crippen molar-refractivity contribution in [1.29, 1.82) is 0 Å². The summed E-state index contributed by atoms with van der Waals surface area (Å²) in [4.78, 5) is 23.2. The number of fused-ring (bicyclic) bond motifs is 1. The van der Waals surface area contributed by atoms with Crippen molar-refractivity contribution in [2.75, 3.05) is 4.72 Å². The van der Waals surface area contributed by atoms with E-state index in [1.165, 1.54) is 18.2 Å². The van der Waals surface area contributed by atoms with Crippen LogP contribution in [-0.2, 0) is 10.0 Å². The number of aromatic amines is 2. The third kappa shape index (κ3) is 2.86. The molecular formula is C14H10FN3O4S. The number of aromatic nitrogens is 2. The normalized spacial score (nSPS) is 11.5. The summed E-state index contributed by atoms with van der Waals surface area (Å²) in [6, 6.07) is 8.25. The van der Waals surface area contributed by atoms with Gasteiger partial charge in [0.1, 0.15) is 5.82 Å². The SMILES string of the molecule is O=c1[nH][nH]c(=O)c2cc(NS(=O)(=O)c3ccc(F)cc3)ccc12. The molecule has 118 valence electrons. The first-order chi connectivity index (χ1) is 10.9. The molecule has 0 saturated carbocycles. The van der Waals surface area contributed by atoms with Crippen molar-refractivity contribution in [3.63, 3.8) is 0 Å². The van der Waals surface area contributed by atoms with Gasteiger partial charge in [-0.3, -0.25) is 24.5 Å². The van der Waals surface area contributed by atoms with Gasteiger partial charge in [-0.05, 0) is 42.5 Å². The molecule has 0 bridgehead atoms. The maximum Gasteiger partial charge on any atom is 0.270 e. The number of rotatable bonds is 3. The van der Waals surface area contributed by atoms with Crippen LogP contribution in [-0.4, -0.2) is 18.6 Å². The van der Waals surface area contributed by atoms with Gasteiger partial charge in [0, 0.05) is 5.69 Å². The molecule has 23 heavy (non-hydrogen) atoms. The first kappa shape index (κ1) is 15.0. The van der Waals surface area contributed by atoms with E-state index in [2.05, 4.69) is 14.9 Å². The summed E-state index contributed by atoms with van der Waals surface area (Å²) in [5.41, 5.74) is -0.937. The minimum atomic E-state index is -3.94. The molecular weight excluding hydrogens is 325 g/mol. The quantitative estimate of drug-likeness (QED) is 0.666. The van der Waals surface area contributed by atoms with Crippen molar-refractivity contribution in [1.82, 2.24) is 10.2 Å². The third-order valence-corrected chi connectivity index (χ3v) is 4.57. The number of halogens is 1. The largest absolute Gasteiger partial charge is 0.280 e. The monoisotopic (exact) mass is 335 g/mol. The van der Waals surface area contributed by atoms with E-state index in [9.17, 15) is 22.4 Å². The van der Waals surface area contributed by atoms with Crippen LogP contribution >= 0.6 is 0 Å². The van der Waals surface area contributed by atoms with Crippen LogP contribution in [0, 0.1) is 5.82 Å². The Labute approximate surface area is 128 Å². The average molecular weight is 335 g/mol. The fourth-order valence-electron chi connectivity index (χ4n) is 2.07. The zero-order valence-electron chi connectivity index (χ0n) is 11.5. The van der Waals surface area contributed by atoms with Crippen molar-refractivity contribution >= 4 is 26.5 Å². The molecule has 3 rings (SSSR count). The number of anilines is 1. The van der Waals surface area contributed by atoms with Gasteiger partial charge in [0.25, 0.3) is 21.1 Å². The van der Waals surface area contributed by atoms with E-state index >= 15 is 0 Å². The van der Waals surface area contributed by atoms with Gasteiger partial charge in [0.2, 0.25) is 0 Å². The molecule has 0 fully saturated rings. The number of hydrogen-bond donors (Lipinski definition) is 3. The maximum atomic E-state index is 12.9. The van der Waals surface area contributed by atoms with Crippen LogP contribution in [0.4, 0.5) is 10.1 Å². The van der Waals surface area contributed by atoms with Gasteiger partial charge in [0.05, 0.1) is 15.7 Å². The number of benzene rings is 2. The molecule has 3 aromatic rings. The lowest BCUT2D eigenvalue weighted by atomic mass is 10.2. The van der Waals surface area contributed by atoms with Crippen molar-refractivity contribution in [2.24, 2.45) is 0 Å². The van der Waals surface area contributed by atoms with Crippen molar-refractivity contribution < 1.29 is 12.8 Å². The predicted molar refractivity (Wildman–Crippen MR) is 82.4 cm³/mol. The molecule has 0 aliphatic heterocycles. The van der Waals surface area contributed by atoms with Crippen LogP contribution in [0.3, 0.4) is 0 Å². The van der Waals surface area contributed by atoms with E-state index < -0.39 is 27.0 Å². The highest BCUT2D eigenvalue weighted by atomic mass is 32.2. The average Bonchev–Trinajstić information content (AvgIpc) is 2.51. The smallest absolute Gasteiger partial charge is 0.270 e. The van der Waals surface area contributed by atoms with Crippen molar-refractivity contribution in [3.05, 3.63) is 69.0 Å². The summed E-state index contributed by atoms with van der Waals surface area (Å²) in [6.45, 7) is 0. The van der Waals surface area contributed by atoms with E-state index in [0.29, 0.717) is 0 Å². The summed E-state index contributed by atoms with van der Waals surface area (Å²) in [5, 5.41) is 4.52. The van der Waals surface area contributed by atoms with Crippen LogP contribution in [0.5, 0.6) is 0 Å². The molecule has 0 unspecified atom stereocenters. The van der Waals surface area contributed by atoms with Gasteiger partial charge in [0.15, 0.2) is 0 Å². The lowest BCUT2D eigenvalue weighted by Gasteiger charge is -2.08. The zero-order chi connectivity index (χ0) is 16.6. The highest BCUT2D eigenvalue weighted by molar-refractivity contribution is 7.92. The fourth-order valence-corrected chi connectivity index (χ4v) is 3.12. The van der Waals surface area contributed by atoms with Gasteiger partial charge in [-0.25, -0.2) is 12.8 Å². The van der Waals surface area contributed by atoms with E-state index in [4.69, 9.17) is 0 Å². The predicted octanol–water partition coefficient (Wildman–Crippen LogP) is 1.16. The molecule has 0 aliphatic rings. The molecule has 1 aromatic heterocycles. The highest BCUT2D eigenvalue weighted by Gasteiger charge is 2.15. The Kier molecular flexibility index (Phi) is 3.49. The third-order valence-electron chi connectivity index (χ3n) is 3.17. The summed E-state index contributed by atoms with van der Waals surface area (Å²) >= 11 is 0. The second kappa shape index (κ2) is 5.36. The van der Waals surface area contributed by atoms with Gasteiger partial charge >= 0.3 is 0 Å². The van der Waals surface area contributed by atoms with Gasteiger partial charge < -0.3 is 0 Å². The van der Waals surface area contributed by atoms with Crippen LogP contribution in [0.2, 0.25) is 0 Å². The lowest BCUT2D eigenvalue weighted by molar-refractivity contribution is 0.599. The Bertz CT molecular complexity index is 1100. The van der Waals surface area contributed by atoms with Crippen LogP contribution in [0.25, 0.3) is 10.8 Å². The Morgan fingerprint density at radius 3 is 2.13 bits per heavy atom. The van der Waals surface area contributed by atoms with Gasteiger partial charge in [-0.2, -0.15) is 0 Å². The summed E-state index contributed by atoms with van der Waals surface area (Å²) < 4.78 is 39.6. The highest BCUT2D eigenvalue weighted by Crippen LogP contribution is 2.18. The zero-order valence-corrected chi connectivity index (χ0v) is 12.3. The molecule has 0 amide bonds. The summed E-state index contributed by atoms with van der Waals surface area (Å²) in [5.74, 6) is -0.555. The summed E-state index contributed by atoms with van der Waals surface area (Å²) in [6.07, 6.45) is 0.